The van der Waals surface area contributed by atoms with Gasteiger partial charge in [-0.25, -0.2) is 0 Å². The molecule has 0 amide bonds. The van der Waals surface area contributed by atoms with Crippen molar-refractivity contribution in [3.8, 4) is 0 Å². The summed E-state index contributed by atoms with van der Waals surface area (Å²) in [5.74, 6) is 0.836. The smallest absolute Gasteiger partial charge is 0.0677 e. The minimum absolute atomic E-state index is 0.195. The van der Waals surface area contributed by atoms with Crippen LogP contribution in [0.4, 0.5) is 0 Å². The summed E-state index contributed by atoms with van der Waals surface area (Å²) in [5.41, 5.74) is 1.36. The zero-order chi connectivity index (χ0) is 15.5. The molecule has 126 valence electrons. The summed E-state index contributed by atoms with van der Waals surface area (Å²) < 4.78 is 12.3. The van der Waals surface area contributed by atoms with Crippen LogP contribution in [0.1, 0.15) is 37.8 Å². The Bertz CT molecular complexity index is 505. The van der Waals surface area contributed by atoms with E-state index in [2.05, 4.69) is 22.0 Å². The Balaban J connectivity index is 1.41. The molecule has 0 radical (unpaired) electrons. The maximum atomic E-state index is 6.13. The molecule has 1 aliphatic carbocycles. The van der Waals surface area contributed by atoms with Crippen LogP contribution in [0.15, 0.2) is 24.4 Å². The Morgan fingerprint density at radius 1 is 1.30 bits per heavy atom. The molecule has 23 heavy (non-hydrogen) atoms. The molecule has 1 aromatic heterocycles. The minimum Gasteiger partial charge on any atom is -0.380 e. The van der Waals surface area contributed by atoms with E-state index >= 15 is 0 Å². The molecule has 3 heterocycles. The summed E-state index contributed by atoms with van der Waals surface area (Å²) in [7, 11) is 0. The predicted molar refractivity (Wildman–Crippen MR) is 89.1 cm³/mol. The first-order valence-electron chi connectivity index (χ1n) is 9.16. The number of hydrogen-bond donors (Lipinski definition) is 0. The Morgan fingerprint density at radius 3 is 3.09 bits per heavy atom. The molecule has 2 saturated heterocycles. The normalized spacial score (nSPS) is 31.7. The summed E-state index contributed by atoms with van der Waals surface area (Å²) in [6, 6.07) is 6.19. The summed E-state index contributed by atoms with van der Waals surface area (Å²) in [6.45, 7) is 5.87. The Hall–Kier alpha value is -0.970. The molecule has 0 bridgehead atoms. The number of likely N-dealkylation sites (tertiary alicyclic amines) is 1. The van der Waals surface area contributed by atoms with Crippen molar-refractivity contribution in [3.05, 3.63) is 30.1 Å². The Kier molecular flexibility index (Phi) is 4.65. The molecular formula is C19H28N2O2. The van der Waals surface area contributed by atoms with Gasteiger partial charge in [-0.15, -0.1) is 0 Å². The number of piperidine rings is 1. The molecule has 4 nitrogen and oxygen atoms in total. The van der Waals surface area contributed by atoms with Crippen molar-refractivity contribution in [1.82, 2.24) is 9.88 Å². The second-order valence-corrected chi connectivity index (χ2v) is 7.60. The highest BCUT2D eigenvalue weighted by Crippen LogP contribution is 2.41. The molecule has 4 rings (SSSR count). The van der Waals surface area contributed by atoms with Crippen LogP contribution in [0.25, 0.3) is 0 Å². The van der Waals surface area contributed by atoms with Crippen molar-refractivity contribution in [2.24, 2.45) is 11.3 Å². The van der Waals surface area contributed by atoms with Crippen LogP contribution >= 0.6 is 0 Å². The number of ether oxygens (including phenoxy) is 2. The zero-order valence-corrected chi connectivity index (χ0v) is 14.0. The van der Waals surface area contributed by atoms with Gasteiger partial charge >= 0.3 is 0 Å². The second-order valence-electron chi connectivity index (χ2n) is 7.60. The summed E-state index contributed by atoms with van der Waals surface area (Å²) in [5, 5.41) is 0. The summed E-state index contributed by atoms with van der Waals surface area (Å²) >= 11 is 0. The maximum Gasteiger partial charge on any atom is 0.0677 e. The Labute approximate surface area is 139 Å². The van der Waals surface area contributed by atoms with Gasteiger partial charge in [-0.05, 0) is 50.2 Å². The Morgan fingerprint density at radius 2 is 2.26 bits per heavy atom. The van der Waals surface area contributed by atoms with Crippen LogP contribution in [0.5, 0.6) is 0 Å². The second kappa shape index (κ2) is 6.88. The molecule has 3 aliphatic rings. The van der Waals surface area contributed by atoms with Gasteiger partial charge in [-0.3, -0.25) is 9.88 Å². The molecule has 2 atom stereocenters. The van der Waals surface area contributed by atoms with Crippen LogP contribution in [0.2, 0.25) is 0 Å². The van der Waals surface area contributed by atoms with E-state index in [9.17, 15) is 0 Å². The van der Waals surface area contributed by atoms with E-state index in [-0.39, 0.29) is 5.41 Å². The summed E-state index contributed by atoms with van der Waals surface area (Å²) in [6.07, 6.45) is 8.52. The van der Waals surface area contributed by atoms with Crippen molar-refractivity contribution in [2.45, 2.75) is 44.8 Å². The molecule has 0 unspecified atom stereocenters. The standard InChI is InChI=1S/C19H28N2O2/c1-2-9-20-17(4-1)12-21-10-7-18-19(14-21,8-3-11-23-18)15-22-13-16-5-6-16/h1-2,4,9,16,18H,3,5-8,10-15H2/t18-,19+/m1/s1. The average molecular weight is 316 g/mol. The molecule has 0 aromatic carbocycles. The highest BCUT2D eigenvalue weighted by atomic mass is 16.5. The molecule has 3 fully saturated rings. The van der Waals surface area contributed by atoms with Crippen LogP contribution in [-0.4, -0.2) is 48.9 Å². The van der Waals surface area contributed by atoms with Gasteiger partial charge < -0.3 is 9.47 Å². The van der Waals surface area contributed by atoms with E-state index in [1.165, 1.54) is 25.7 Å². The number of aromatic nitrogens is 1. The fourth-order valence-electron chi connectivity index (χ4n) is 4.16. The quantitative estimate of drug-likeness (QED) is 0.808. The average Bonchev–Trinajstić information content (AvgIpc) is 3.40. The van der Waals surface area contributed by atoms with E-state index in [1.54, 1.807) is 0 Å². The van der Waals surface area contributed by atoms with E-state index in [4.69, 9.17) is 9.47 Å². The van der Waals surface area contributed by atoms with Gasteiger partial charge in [-0.1, -0.05) is 6.07 Å². The summed E-state index contributed by atoms with van der Waals surface area (Å²) in [4.78, 5) is 7.04. The van der Waals surface area contributed by atoms with Crippen LogP contribution in [-0.2, 0) is 16.0 Å². The SMILES string of the molecule is c1ccc(CN2CC[C@H]3OCCC[C@@]3(COCC3CC3)C2)nc1. The predicted octanol–water partition coefficient (Wildman–Crippen LogP) is 2.88. The van der Waals surface area contributed by atoms with Crippen LogP contribution in [0.3, 0.4) is 0 Å². The lowest BCUT2D eigenvalue weighted by molar-refractivity contribution is -0.154. The van der Waals surface area contributed by atoms with E-state index in [0.717, 1.165) is 57.5 Å². The van der Waals surface area contributed by atoms with Gasteiger partial charge in [0.15, 0.2) is 0 Å². The van der Waals surface area contributed by atoms with Crippen molar-refractivity contribution in [1.29, 1.82) is 0 Å². The third kappa shape index (κ3) is 3.76. The number of fused-ring (bicyclic) bond motifs is 1. The van der Waals surface area contributed by atoms with Gasteiger partial charge in [-0.2, -0.15) is 0 Å². The highest BCUT2D eigenvalue weighted by Gasteiger charge is 2.46. The first-order chi connectivity index (χ1) is 11.3. The van der Waals surface area contributed by atoms with Gasteiger partial charge in [0, 0.05) is 44.5 Å². The van der Waals surface area contributed by atoms with Gasteiger partial charge in [0.1, 0.15) is 0 Å². The van der Waals surface area contributed by atoms with E-state index < -0.39 is 0 Å². The van der Waals surface area contributed by atoms with Crippen LogP contribution < -0.4 is 0 Å². The molecule has 4 heteroatoms. The lowest BCUT2D eigenvalue weighted by Crippen LogP contribution is -2.56. The molecular weight excluding hydrogens is 288 g/mol. The van der Waals surface area contributed by atoms with E-state index in [0.29, 0.717) is 6.10 Å². The highest BCUT2D eigenvalue weighted by molar-refractivity contribution is 5.05. The lowest BCUT2D eigenvalue weighted by atomic mass is 9.73. The third-order valence-electron chi connectivity index (χ3n) is 5.62. The number of rotatable bonds is 6. The molecule has 0 N–H and O–H groups in total. The van der Waals surface area contributed by atoms with E-state index in [1.807, 2.05) is 12.3 Å². The number of pyridine rings is 1. The largest absolute Gasteiger partial charge is 0.380 e. The molecule has 1 saturated carbocycles. The van der Waals surface area contributed by atoms with Crippen molar-refractivity contribution < 1.29 is 9.47 Å². The zero-order valence-electron chi connectivity index (χ0n) is 14.0. The van der Waals surface area contributed by atoms with Crippen molar-refractivity contribution >= 4 is 0 Å². The number of nitrogens with zero attached hydrogens (tertiary/aromatic N) is 2. The molecule has 0 spiro atoms. The minimum atomic E-state index is 0.195. The number of hydrogen-bond acceptors (Lipinski definition) is 4. The monoisotopic (exact) mass is 316 g/mol. The maximum absolute atomic E-state index is 6.13. The van der Waals surface area contributed by atoms with Crippen LogP contribution in [0, 0.1) is 11.3 Å². The fourth-order valence-corrected chi connectivity index (χ4v) is 4.16. The molecule has 2 aliphatic heterocycles. The van der Waals surface area contributed by atoms with Crippen molar-refractivity contribution in [3.63, 3.8) is 0 Å². The first kappa shape index (κ1) is 15.6. The van der Waals surface area contributed by atoms with Gasteiger partial charge in [0.25, 0.3) is 0 Å². The lowest BCUT2D eigenvalue weighted by Gasteiger charge is -2.50. The third-order valence-corrected chi connectivity index (χ3v) is 5.62. The first-order valence-corrected chi connectivity index (χ1v) is 9.16. The topological polar surface area (TPSA) is 34.6 Å². The molecule has 1 aromatic rings. The van der Waals surface area contributed by atoms with Crippen molar-refractivity contribution in [2.75, 3.05) is 32.9 Å². The fraction of sp³-hybridized carbons (Fsp3) is 0.737. The van der Waals surface area contributed by atoms with Gasteiger partial charge in [0.05, 0.1) is 18.4 Å². The van der Waals surface area contributed by atoms with Gasteiger partial charge in [0.2, 0.25) is 0 Å².